The first-order valence-corrected chi connectivity index (χ1v) is 9.40. The minimum absolute atomic E-state index is 0. The van der Waals surface area contributed by atoms with Crippen LogP contribution in [0.3, 0.4) is 0 Å². The molecule has 0 rings (SSSR count). The molecule has 136 valence electrons. The number of unbranched alkanes of at least 4 members (excludes halogenated alkanes) is 10. The van der Waals surface area contributed by atoms with Crippen molar-refractivity contribution in [1.82, 2.24) is 0 Å². The summed E-state index contributed by atoms with van der Waals surface area (Å²) in [6.45, 7) is 10.0. The standard InChI is InChI=1S/C15H30O2.C4H10O.Na.H/c1-3-4-5-6-7-8-9-10-11-12-13-14-17-15(2)16;1-3-5-4-2;;/h3-14H2,1-2H3;3-4H2,1-2H3;;. The molecule has 0 atom stereocenters. The maximum atomic E-state index is 10.5. The van der Waals surface area contributed by atoms with Crippen LogP contribution in [0.25, 0.3) is 0 Å². The number of hydrogen-bond donors (Lipinski definition) is 0. The van der Waals surface area contributed by atoms with Crippen molar-refractivity contribution in [3.8, 4) is 0 Å². The Balaban J connectivity index is -0.000000578. The first kappa shape index (κ1) is 28.2. The Morgan fingerprint density at radius 1 is 0.696 bits per heavy atom. The van der Waals surface area contributed by atoms with E-state index in [1.54, 1.807) is 0 Å². The molecule has 0 aromatic carbocycles. The van der Waals surface area contributed by atoms with Gasteiger partial charge >= 0.3 is 35.5 Å². The Bertz CT molecular complexity index is 209. The van der Waals surface area contributed by atoms with E-state index in [0.29, 0.717) is 6.61 Å². The first-order valence-electron chi connectivity index (χ1n) is 9.40. The summed E-state index contributed by atoms with van der Waals surface area (Å²) >= 11 is 0. The molecule has 0 saturated heterocycles. The van der Waals surface area contributed by atoms with Crippen molar-refractivity contribution in [2.75, 3.05) is 19.8 Å². The molecule has 0 fully saturated rings. The molecule has 0 aliphatic heterocycles. The van der Waals surface area contributed by atoms with Crippen LogP contribution in [0, 0.1) is 0 Å². The van der Waals surface area contributed by atoms with Crippen LogP contribution in [0.15, 0.2) is 0 Å². The molecule has 0 heterocycles. The van der Waals surface area contributed by atoms with E-state index >= 15 is 0 Å². The zero-order valence-corrected chi connectivity index (χ0v) is 15.6. The van der Waals surface area contributed by atoms with Gasteiger partial charge in [0, 0.05) is 20.1 Å². The van der Waals surface area contributed by atoms with Gasteiger partial charge in [-0.1, -0.05) is 71.1 Å². The molecule has 4 heteroatoms. The first-order chi connectivity index (χ1) is 10.7. The summed E-state index contributed by atoms with van der Waals surface area (Å²) in [5, 5.41) is 0. The third kappa shape index (κ3) is 34.7. The number of rotatable bonds is 14. The van der Waals surface area contributed by atoms with Crippen LogP contribution in [0.4, 0.5) is 0 Å². The van der Waals surface area contributed by atoms with Crippen LogP contribution in [-0.2, 0) is 14.3 Å². The molecule has 23 heavy (non-hydrogen) atoms. The fraction of sp³-hybridized carbons (Fsp3) is 0.947. The summed E-state index contributed by atoms with van der Waals surface area (Å²) < 4.78 is 9.72. The van der Waals surface area contributed by atoms with Gasteiger partial charge in [0.25, 0.3) is 0 Å². The van der Waals surface area contributed by atoms with Crippen molar-refractivity contribution >= 4 is 35.5 Å². The van der Waals surface area contributed by atoms with Crippen LogP contribution in [0.2, 0.25) is 0 Å². The van der Waals surface area contributed by atoms with Crippen molar-refractivity contribution in [2.45, 2.75) is 98.3 Å². The number of carbonyl (C=O) groups excluding carboxylic acids is 1. The average molecular weight is 341 g/mol. The van der Waals surface area contributed by atoms with Crippen LogP contribution in [0.1, 0.15) is 98.3 Å². The van der Waals surface area contributed by atoms with E-state index in [1.807, 2.05) is 13.8 Å². The van der Waals surface area contributed by atoms with E-state index in [0.717, 1.165) is 19.6 Å². The van der Waals surface area contributed by atoms with E-state index < -0.39 is 0 Å². The SMILES string of the molecule is CCCCCCCCCCCCCOC(C)=O.CCOCC.[NaH]. The van der Waals surface area contributed by atoms with Crippen LogP contribution in [0.5, 0.6) is 0 Å². The molecule has 0 unspecified atom stereocenters. The van der Waals surface area contributed by atoms with Crippen molar-refractivity contribution in [3.63, 3.8) is 0 Å². The van der Waals surface area contributed by atoms with E-state index in [9.17, 15) is 4.79 Å². The minimum atomic E-state index is -0.155. The molecular formula is C19H41NaO3. The predicted molar refractivity (Wildman–Crippen MR) is 102 cm³/mol. The van der Waals surface area contributed by atoms with Gasteiger partial charge in [-0.05, 0) is 20.3 Å². The Kier molecular flexibility index (Phi) is 33.5. The molecule has 3 nitrogen and oxygen atoms in total. The van der Waals surface area contributed by atoms with E-state index in [2.05, 4.69) is 6.92 Å². The van der Waals surface area contributed by atoms with Crippen molar-refractivity contribution in [1.29, 1.82) is 0 Å². The van der Waals surface area contributed by atoms with Gasteiger partial charge in [-0.2, -0.15) is 0 Å². The van der Waals surface area contributed by atoms with Gasteiger partial charge < -0.3 is 9.47 Å². The van der Waals surface area contributed by atoms with Gasteiger partial charge in [0.2, 0.25) is 0 Å². The van der Waals surface area contributed by atoms with Crippen LogP contribution < -0.4 is 0 Å². The number of esters is 1. The van der Waals surface area contributed by atoms with Crippen molar-refractivity contribution < 1.29 is 14.3 Å². The van der Waals surface area contributed by atoms with Crippen LogP contribution in [-0.4, -0.2) is 55.3 Å². The summed E-state index contributed by atoms with van der Waals surface area (Å²) in [7, 11) is 0. The predicted octanol–water partition coefficient (Wildman–Crippen LogP) is 5.25. The van der Waals surface area contributed by atoms with Gasteiger partial charge in [0.15, 0.2) is 0 Å². The molecule has 0 aliphatic carbocycles. The fourth-order valence-electron chi connectivity index (χ4n) is 2.19. The van der Waals surface area contributed by atoms with Gasteiger partial charge in [-0.25, -0.2) is 0 Å². The summed E-state index contributed by atoms with van der Waals surface area (Å²) in [6, 6.07) is 0. The van der Waals surface area contributed by atoms with Crippen LogP contribution >= 0.6 is 0 Å². The molecule has 0 N–H and O–H groups in total. The summed E-state index contributed by atoms with van der Waals surface area (Å²) in [6.07, 6.45) is 14.6. The monoisotopic (exact) mass is 340 g/mol. The van der Waals surface area contributed by atoms with Crippen molar-refractivity contribution in [2.24, 2.45) is 0 Å². The summed E-state index contributed by atoms with van der Waals surface area (Å²) in [4.78, 5) is 10.5. The summed E-state index contributed by atoms with van der Waals surface area (Å²) in [5.41, 5.74) is 0. The third-order valence-corrected chi connectivity index (χ3v) is 3.46. The zero-order chi connectivity index (χ0) is 16.9. The van der Waals surface area contributed by atoms with E-state index in [-0.39, 0.29) is 35.5 Å². The molecular weight excluding hydrogens is 299 g/mol. The molecule has 0 bridgehead atoms. The Morgan fingerprint density at radius 3 is 1.39 bits per heavy atom. The zero-order valence-electron chi connectivity index (χ0n) is 15.6. The number of carbonyl (C=O) groups is 1. The average Bonchev–Trinajstić information content (AvgIpc) is 2.49. The normalized spacial score (nSPS) is 9.57. The second-order valence-corrected chi connectivity index (χ2v) is 5.66. The molecule has 0 aromatic heterocycles. The number of ether oxygens (including phenoxy) is 2. The Morgan fingerprint density at radius 2 is 1.09 bits per heavy atom. The second kappa shape index (κ2) is 27.3. The fourth-order valence-corrected chi connectivity index (χ4v) is 2.19. The second-order valence-electron chi connectivity index (χ2n) is 5.66. The summed E-state index contributed by atoms with van der Waals surface area (Å²) in [5.74, 6) is -0.155. The Labute approximate surface area is 167 Å². The number of hydrogen-bond acceptors (Lipinski definition) is 3. The van der Waals surface area contributed by atoms with Gasteiger partial charge in [-0.15, -0.1) is 0 Å². The molecule has 0 spiro atoms. The van der Waals surface area contributed by atoms with Gasteiger partial charge in [-0.3, -0.25) is 4.79 Å². The molecule has 0 saturated carbocycles. The van der Waals surface area contributed by atoms with Gasteiger partial charge in [0.1, 0.15) is 0 Å². The maximum absolute atomic E-state index is 10.5. The van der Waals surface area contributed by atoms with Crippen molar-refractivity contribution in [3.05, 3.63) is 0 Å². The quantitative estimate of drug-likeness (QED) is 0.246. The van der Waals surface area contributed by atoms with E-state index in [1.165, 1.54) is 71.1 Å². The van der Waals surface area contributed by atoms with Gasteiger partial charge in [0.05, 0.1) is 6.61 Å². The molecule has 0 aromatic rings. The Hall–Kier alpha value is 0.430. The third-order valence-electron chi connectivity index (χ3n) is 3.46. The molecule has 0 amide bonds. The topological polar surface area (TPSA) is 35.5 Å². The molecule has 0 radical (unpaired) electrons. The van der Waals surface area contributed by atoms with E-state index in [4.69, 9.17) is 9.47 Å². The molecule has 0 aliphatic rings.